The third-order valence-electron chi connectivity index (χ3n) is 9.95. The molecule has 0 spiro atoms. The standard InChI is InChI=1S/C28H35FO9.Na/c1-24(2)37-21-12-18-17-6-5-15-11-16(30)9-10-25(15,3)27(17,29)19(31)13-26(18,4)28(21,38-24)20(32)14-36-23(35)8-7-22(33)34;/h9-11,17-19,21,31H,5-8,12-14H2,1-4H3,(H,33,34);/q;+1/p-1/t17?,18?,19-,21-,25-,26-,27?,28+;/m0./s1. The van der Waals surface area contributed by atoms with Crippen molar-refractivity contribution >= 4 is 23.5 Å². The van der Waals surface area contributed by atoms with E-state index in [1.807, 2.05) is 6.92 Å². The summed E-state index contributed by atoms with van der Waals surface area (Å²) < 4.78 is 35.0. The fourth-order valence-corrected chi connectivity index (χ4v) is 8.34. The molecule has 0 bridgehead atoms. The number of carbonyl (C=O) groups is 4. The molecule has 0 amide bonds. The summed E-state index contributed by atoms with van der Waals surface area (Å²) in [7, 11) is 0. The van der Waals surface area contributed by atoms with Gasteiger partial charge in [0, 0.05) is 22.7 Å². The predicted octanol–water partition coefficient (Wildman–Crippen LogP) is -1.50. The number of carbonyl (C=O) groups excluding carboxylic acids is 4. The molecule has 1 saturated heterocycles. The van der Waals surface area contributed by atoms with Crippen LogP contribution in [0.2, 0.25) is 0 Å². The molecule has 5 rings (SSSR count). The maximum absolute atomic E-state index is 17.4. The molecule has 0 aromatic rings. The number of ether oxygens (including phenoxy) is 3. The maximum Gasteiger partial charge on any atom is 1.00 e. The van der Waals surface area contributed by atoms with Gasteiger partial charge < -0.3 is 29.2 Å². The summed E-state index contributed by atoms with van der Waals surface area (Å²) in [6.07, 6.45) is 2.27. The van der Waals surface area contributed by atoms with Gasteiger partial charge in [0.25, 0.3) is 0 Å². The van der Waals surface area contributed by atoms with Gasteiger partial charge in [0.15, 0.2) is 29.4 Å². The number of alkyl halides is 1. The molecule has 39 heavy (non-hydrogen) atoms. The third-order valence-corrected chi connectivity index (χ3v) is 9.95. The number of hydrogen-bond donors (Lipinski definition) is 1. The number of rotatable bonds is 6. The second kappa shape index (κ2) is 9.84. The van der Waals surface area contributed by atoms with Gasteiger partial charge in [0.1, 0.15) is 0 Å². The van der Waals surface area contributed by atoms with E-state index >= 15 is 4.39 Å². The summed E-state index contributed by atoms with van der Waals surface area (Å²) in [5.74, 6) is -5.24. The molecule has 1 aliphatic heterocycles. The Balaban J connectivity index is 0.00000353. The van der Waals surface area contributed by atoms with Crippen molar-refractivity contribution in [1.82, 2.24) is 0 Å². The zero-order chi connectivity index (χ0) is 27.9. The molecule has 4 fully saturated rings. The molecule has 9 nitrogen and oxygen atoms in total. The van der Waals surface area contributed by atoms with Crippen LogP contribution in [0.5, 0.6) is 0 Å². The van der Waals surface area contributed by atoms with Crippen LogP contribution < -0.4 is 34.7 Å². The molecule has 0 aromatic carbocycles. The summed E-state index contributed by atoms with van der Waals surface area (Å²) in [5, 5.41) is 22.2. The minimum Gasteiger partial charge on any atom is -0.550 e. The predicted molar refractivity (Wildman–Crippen MR) is 127 cm³/mol. The van der Waals surface area contributed by atoms with E-state index in [-0.39, 0.29) is 41.8 Å². The molecule has 208 valence electrons. The van der Waals surface area contributed by atoms with Crippen molar-refractivity contribution in [2.75, 3.05) is 6.61 Å². The Morgan fingerprint density at radius 1 is 1.18 bits per heavy atom. The summed E-state index contributed by atoms with van der Waals surface area (Å²) >= 11 is 0. The SMILES string of the molecule is CC1(C)O[C@H]2CC3C4CCC5=CC(=O)C=C[C@]5(C)C4(F)[C@@H](O)C[C@]3(C)[C@]2(C(=O)COC(=O)CCC(=O)[O-])O1.[Na+]. The Kier molecular flexibility index (Phi) is 7.70. The first-order valence-electron chi connectivity index (χ1n) is 13.2. The van der Waals surface area contributed by atoms with Gasteiger partial charge in [0.2, 0.25) is 5.78 Å². The van der Waals surface area contributed by atoms with E-state index in [9.17, 15) is 29.4 Å². The Labute approximate surface area is 248 Å². The van der Waals surface area contributed by atoms with Gasteiger partial charge in [0.05, 0.1) is 18.6 Å². The summed E-state index contributed by atoms with van der Waals surface area (Å²) in [5.41, 5.74) is -5.24. The quantitative estimate of drug-likeness (QED) is 0.306. The topological polar surface area (TPSA) is 139 Å². The van der Waals surface area contributed by atoms with E-state index in [4.69, 9.17) is 14.2 Å². The van der Waals surface area contributed by atoms with E-state index in [1.165, 1.54) is 12.2 Å². The van der Waals surface area contributed by atoms with Gasteiger partial charge in [-0.1, -0.05) is 18.6 Å². The van der Waals surface area contributed by atoms with Crippen LogP contribution in [0.4, 0.5) is 4.39 Å². The largest absolute Gasteiger partial charge is 1.00 e. The molecule has 1 heterocycles. The second-order valence-electron chi connectivity index (χ2n) is 12.3. The van der Waals surface area contributed by atoms with E-state index in [0.29, 0.717) is 24.8 Å². The summed E-state index contributed by atoms with van der Waals surface area (Å²) in [6, 6.07) is 0. The van der Waals surface area contributed by atoms with Crippen molar-refractivity contribution in [2.45, 2.75) is 95.5 Å². The molecular formula is C28H34FNaO9. The van der Waals surface area contributed by atoms with Crippen molar-refractivity contribution in [1.29, 1.82) is 0 Å². The fourth-order valence-electron chi connectivity index (χ4n) is 8.34. The Hall–Kier alpha value is -1.43. The number of aliphatic hydroxyl groups is 1. The molecule has 11 heteroatoms. The van der Waals surface area contributed by atoms with Crippen LogP contribution in [0, 0.1) is 22.7 Å². The average Bonchev–Trinajstić information content (AvgIpc) is 3.23. The molecule has 5 aliphatic rings. The normalized spacial score (nSPS) is 43.2. The number of aliphatic hydroxyl groups excluding tert-OH is 1. The van der Waals surface area contributed by atoms with Crippen LogP contribution in [0.1, 0.15) is 66.2 Å². The number of fused-ring (bicyclic) bond motifs is 7. The molecule has 3 saturated carbocycles. The minimum atomic E-state index is -2.08. The smallest absolute Gasteiger partial charge is 0.550 e. The van der Waals surface area contributed by atoms with Crippen LogP contribution in [0.15, 0.2) is 23.8 Å². The van der Waals surface area contributed by atoms with Crippen molar-refractivity contribution in [3.8, 4) is 0 Å². The molecule has 0 aromatic heterocycles. The third kappa shape index (κ3) is 4.24. The van der Waals surface area contributed by atoms with E-state index in [2.05, 4.69) is 0 Å². The summed E-state index contributed by atoms with van der Waals surface area (Å²) in [4.78, 5) is 48.6. The Morgan fingerprint density at radius 3 is 2.54 bits per heavy atom. The maximum atomic E-state index is 17.4. The summed E-state index contributed by atoms with van der Waals surface area (Å²) in [6.45, 7) is 6.21. The molecular weight excluding hydrogens is 522 g/mol. The number of esters is 1. The number of carboxylic acids is 1. The van der Waals surface area contributed by atoms with Crippen LogP contribution in [-0.2, 0) is 33.4 Å². The van der Waals surface area contributed by atoms with Crippen LogP contribution >= 0.6 is 0 Å². The van der Waals surface area contributed by atoms with Crippen LogP contribution in [0.25, 0.3) is 0 Å². The van der Waals surface area contributed by atoms with Gasteiger partial charge in [-0.2, -0.15) is 0 Å². The zero-order valence-electron chi connectivity index (χ0n) is 23.1. The van der Waals surface area contributed by atoms with Crippen molar-refractivity contribution < 1.29 is 77.5 Å². The first-order valence-corrected chi connectivity index (χ1v) is 13.2. The second-order valence-corrected chi connectivity index (χ2v) is 12.3. The molecule has 8 atom stereocenters. The molecule has 3 unspecified atom stereocenters. The number of Topliss-reactive ketones (excluding diaryl/α,β-unsaturated/α-hetero) is 1. The number of ketones is 2. The fraction of sp³-hybridized carbons (Fsp3) is 0.714. The van der Waals surface area contributed by atoms with Gasteiger partial charge in [-0.05, 0) is 70.9 Å². The van der Waals surface area contributed by atoms with Crippen molar-refractivity contribution in [3.63, 3.8) is 0 Å². The number of aliphatic carboxylic acids is 1. The van der Waals surface area contributed by atoms with E-state index in [0.717, 1.165) is 0 Å². The van der Waals surface area contributed by atoms with Crippen LogP contribution in [-0.4, -0.2) is 64.5 Å². The van der Waals surface area contributed by atoms with Gasteiger partial charge in [-0.25, -0.2) is 4.39 Å². The average molecular weight is 557 g/mol. The number of halogens is 1. The monoisotopic (exact) mass is 556 g/mol. The number of allylic oxidation sites excluding steroid dienone is 4. The number of hydrogen-bond acceptors (Lipinski definition) is 9. The molecule has 4 aliphatic carbocycles. The van der Waals surface area contributed by atoms with Gasteiger partial charge in [-0.15, -0.1) is 0 Å². The van der Waals surface area contributed by atoms with Crippen molar-refractivity contribution in [3.05, 3.63) is 23.8 Å². The van der Waals surface area contributed by atoms with E-state index in [1.54, 1.807) is 26.8 Å². The Morgan fingerprint density at radius 2 is 1.87 bits per heavy atom. The van der Waals surface area contributed by atoms with E-state index < -0.39 is 89.1 Å². The molecule has 0 radical (unpaired) electrons. The molecule has 1 N–H and O–H groups in total. The number of carboxylic acid groups (broad SMARTS) is 1. The first kappa shape index (κ1) is 30.5. The van der Waals surface area contributed by atoms with Gasteiger partial charge in [-0.3, -0.25) is 14.4 Å². The zero-order valence-corrected chi connectivity index (χ0v) is 25.1. The van der Waals surface area contributed by atoms with Crippen molar-refractivity contribution in [2.24, 2.45) is 22.7 Å². The van der Waals surface area contributed by atoms with Gasteiger partial charge >= 0.3 is 35.5 Å². The Bertz CT molecular complexity index is 1170. The van der Waals surface area contributed by atoms with Crippen LogP contribution in [0.3, 0.4) is 0 Å². The first-order chi connectivity index (χ1) is 17.6. The minimum absolute atomic E-state index is 0.